The SMILES string of the molecule is CCN(CC)c1ccc(NC(=O)c2ccc(-n3cncn3)nn2)c(C)c1. The van der Waals surface area contributed by atoms with Crippen LogP contribution in [0.4, 0.5) is 11.4 Å². The molecule has 0 saturated carbocycles. The summed E-state index contributed by atoms with van der Waals surface area (Å²) in [4.78, 5) is 18.5. The second-order valence-electron chi connectivity index (χ2n) is 5.74. The Hall–Kier alpha value is -3.29. The molecule has 26 heavy (non-hydrogen) atoms. The standard InChI is InChI=1S/C18H21N7O/c1-4-24(5-2)14-6-7-15(13(3)10-14)21-18(26)16-8-9-17(23-22-16)25-12-19-11-20-25/h6-12H,4-5H2,1-3H3,(H,21,26). The number of carbonyl (C=O) groups excluding carboxylic acids is 1. The van der Waals surface area contributed by atoms with E-state index in [0.29, 0.717) is 5.82 Å². The topological polar surface area (TPSA) is 88.8 Å². The van der Waals surface area contributed by atoms with Gasteiger partial charge in [0.1, 0.15) is 12.7 Å². The Morgan fingerprint density at radius 1 is 1.15 bits per heavy atom. The maximum atomic E-state index is 12.4. The van der Waals surface area contributed by atoms with Gasteiger partial charge in [0.25, 0.3) is 5.91 Å². The van der Waals surface area contributed by atoms with Crippen molar-refractivity contribution in [2.45, 2.75) is 20.8 Å². The number of anilines is 2. The van der Waals surface area contributed by atoms with Crippen LogP contribution >= 0.6 is 0 Å². The van der Waals surface area contributed by atoms with E-state index in [1.54, 1.807) is 12.1 Å². The second-order valence-corrected chi connectivity index (χ2v) is 5.74. The number of nitrogens with zero attached hydrogens (tertiary/aromatic N) is 6. The summed E-state index contributed by atoms with van der Waals surface area (Å²) in [6.07, 6.45) is 2.93. The van der Waals surface area contributed by atoms with E-state index < -0.39 is 0 Å². The number of carbonyl (C=O) groups is 1. The summed E-state index contributed by atoms with van der Waals surface area (Å²) in [5, 5.41) is 14.8. The Morgan fingerprint density at radius 3 is 2.54 bits per heavy atom. The molecule has 2 heterocycles. The third-order valence-corrected chi connectivity index (χ3v) is 4.12. The lowest BCUT2D eigenvalue weighted by molar-refractivity contribution is 0.102. The fourth-order valence-electron chi connectivity index (χ4n) is 2.65. The van der Waals surface area contributed by atoms with E-state index in [0.717, 1.165) is 30.0 Å². The fourth-order valence-corrected chi connectivity index (χ4v) is 2.65. The fraction of sp³-hybridized carbons (Fsp3) is 0.278. The quantitative estimate of drug-likeness (QED) is 0.734. The average Bonchev–Trinajstić information content (AvgIpc) is 3.19. The van der Waals surface area contributed by atoms with E-state index in [9.17, 15) is 4.79 Å². The maximum absolute atomic E-state index is 12.4. The molecule has 134 valence electrons. The van der Waals surface area contributed by atoms with Gasteiger partial charge in [-0.2, -0.15) is 5.10 Å². The van der Waals surface area contributed by atoms with Crippen molar-refractivity contribution in [3.8, 4) is 5.82 Å². The van der Waals surface area contributed by atoms with Crippen molar-refractivity contribution >= 4 is 17.3 Å². The first-order chi connectivity index (χ1) is 12.6. The van der Waals surface area contributed by atoms with Gasteiger partial charge in [-0.25, -0.2) is 9.67 Å². The number of benzene rings is 1. The maximum Gasteiger partial charge on any atom is 0.276 e. The third-order valence-electron chi connectivity index (χ3n) is 4.12. The lowest BCUT2D eigenvalue weighted by Crippen LogP contribution is -2.22. The molecule has 0 unspecified atom stereocenters. The molecular weight excluding hydrogens is 330 g/mol. The highest BCUT2D eigenvalue weighted by Crippen LogP contribution is 2.23. The van der Waals surface area contributed by atoms with E-state index in [1.165, 1.54) is 17.3 Å². The summed E-state index contributed by atoms with van der Waals surface area (Å²) in [5.41, 5.74) is 3.13. The van der Waals surface area contributed by atoms with Crippen LogP contribution in [0.15, 0.2) is 43.0 Å². The van der Waals surface area contributed by atoms with Gasteiger partial charge in [0.2, 0.25) is 0 Å². The van der Waals surface area contributed by atoms with Crippen LogP contribution in [0.3, 0.4) is 0 Å². The lowest BCUT2D eigenvalue weighted by atomic mass is 10.1. The van der Waals surface area contributed by atoms with E-state index in [2.05, 4.69) is 50.4 Å². The highest BCUT2D eigenvalue weighted by atomic mass is 16.1. The minimum Gasteiger partial charge on any atom is -0.372 e. The molecule has 0 fully saturated rings. The molecule has 0 bridgehead atoms. The van der Waals surface area contributed by atoms with Crippen molar-refractivity contribution in [2.24, 2.45) is 0 Å². The highest BCUT2D eigenvalue weighted by Gasteiger charge is 2.12. The molecule has 0 atom stereocenters. The molecule has 8 nitrogen and oxygen atoms in total. The number of aromatic nitrogens is 5. The zero-order valence-electron chi connectivity index (χ0n) is 15.0. The van der Waals surface area contributed by atoms with Crippen molar-refractivity contribution < 1.29 is 4.79 Å². The van der Waals surface area contributed by atoms with E-state index in [4.69, 9.17) is 0 Å². The monoisotopic (exact) mass is 351 g/mol. The third kappa shape index (κ3) is 3.69. The first-order valence-corrected chi connectivity index (χ1v) is 8.48. The van der Waals surface area contributed by atoms with Gasteiger partial charge in [-0.1, -0.05) is 0 Å². The molecule has 3 aromatic rings. The lowest BCUT2D eigenvalue weighted by Gasteiger charge is -2.22. The summed E-state index contributed by atoms with van der Waals surface area (Å²) in [6.45, 7) is 8.10. The molecule has 0 aliphatic heterocycles. The van der Waals surface area contributed by atoms with Crippen molar-refractivity contribution in [1.82, 2.24) is 25.0 Å². The summed E-state index contributed by atoms with van der Waals surface area (Å²) in [6, 6.07) is 9.28. The van der Waals surface area contributed by atoms with Crippen molar-refractivity contribution in [1.29, 1.82) is 0 Å². The highest BCUT2D eigenvalue weighted by molar-refractivity contribution is 6.03. The van der Waals surface area contributed by atoms with Gasteiger partial charge in [0, 0.05) is 24.5 Å². The first-order valence-electron chi connectivity index (χ1n) is 8.48. The van der Waals surface area contributed by atoms with Gasteiger partial charge in [-0.05, 0) is 56.7 Å². The Bertz CT molecular complexity index is 871. The Morgan fingerprint density at radius 2 is 1.96 bits per heavy atom. The van der Waals surface area contributed by atoms with Crippen LogP contribution in [0.5, 0.6) is 0 Å². The van der Waals surface area contributed by atoms with Crippen LogP contribution < -0.4 is 10.2 Å². The normalized spacial score (nSPS) is 10.6. The van der Waals surface area contributed by atoms with Crippen LogP contribution in [0, 0.1) is 6.92 Å². The molecule has 2 aromatic heterocycles. The molecule has 1 amide bonds. The second kappa shape index (κ2) is 7.73. The zero-order chi connectivity index (χ0) is 18.5. The van der Waals surface area contributed by atoms with Crippen LogP contribution in [0.2, 0.25) is 0 Å². The minimum atomic E-state index is -0.304. The van der Waals surface area contributed by atoms with E-state index >= 15 is 0 Å². The smallest absolute Gasteiger partial charge is 0.276 e. The molecule has 1 aromatic carbocycles. The molecule has 1 N–H and O–H groups in total. The van der Waals surface area contributed by atoms with Crippen LogP contribution in [0.1, 0.15) is 29.9 Å². The number of rotatable bonds is 6. The van der Waals surface area contributed by atoms with Crippen molar-refractivity contribution in [3.05, 3.63) is 54.2 Å². The Kier molecular flexibility index (Phi) is 5.21. The largest absolute Gasteiger partial charge is 0.372 e. The van der Waals surface area contributed by atoms with Crippen LogP contribution in [-0.4, -0.2) is 44.0 Å². The van der Waals surface area contributed by atoms with Crippen molar-refractivity contribution in [2.75, 3.05) is 23.3 Å². The molecule has 0 saturated heterocycles. The number of hydrogen-bond donors (Lipinski definition) is 1. The summed E-state index contributed by atoms with van der Waals surface area (Å²) < 4.78 is 1.48. The van der Waals surface area contributed by atoms with Gasteiger partial charge < -0.3 is 10.2 Å². The molecule has 0 radical (unpaired) electrons. The molecule has 8 heteroatoms. The minimum absolute atomic E-state index is 0.237. The number of hydrogen-bond acceptors (Lipinski definition) is 6. The first kappa shape index (κ1) is 17.5. The Balaban J connectivity index is 1.73. The van der Waals surface area contributed by atoms with Gasteiger partial charge in [0.05, 0.1) is 0 Å². The van der Waals surface area contributed by atoms with E-state index in [-0.39, 0.29) is 11.6 Å². The summed E-state index contributed by atoms with van der Waals surface area (Å²) >= 11 is 0. The average molecular weight is 351 g/mol. The molecular formula is C18H21N7O. The molecule has 3 rings (SSSR count). The van der Waals surface area contributed by atoms with Gasteiger partial charge in [0.15, 0.2) is 11.5 Å². The van der Waals surface area contributed by atoms with Gasteiger partial charge in [-0.15, -0.1) is 10.2 Å². The number of aryl methyl sites for hydroxylation is 1. The molecule has 0 aliphatic rings. The van der Waals surface area contributed by atoms with Crippen LogP contribution in [0.25, 0.3) is 5.82 Å². The zero-order valence-corrected chi connectivity index (χ0v) is 15.0. The van der Waals surface area contributed by atoms with Gasteiger partial charge >= 0.3 is 0 Å². The summed E-state index contributed by atoms with van der Waals surface area (Å²) in [7, 11) is 0. The predicted molar refractivity (Wildman–Crippen MR) is 99.6 cm³/mol. The van der Waals surface area contributed by atoms with Crippen molar-refractivity contribution in [3.63, 3.8) is 0 Å². The van der Waals surface area contributed by atoms with Gasteiger partial charge in [-0.3, -0.25) is 4.79 Å². The Labute approximate surface area is 151 Å². The van der Waals surface area contributed by atoms with E-state index in [1.807, 2.05) is 19.1 Å². The number of nitrogens with one attached hydrogen (secondary N) is 1. The predicted octanol–water partition coefficient (Wildman–Crippen LogP) is 2.46. The summed E-state index contributed by atoms with van der Waals surface area (Å²) in [5.74, 6) is 0.195. The van der Waals surface area contributed by atoms with Crippen LogP contribution in [-0.2, 0) is 0 Å². The molecule has 0 aliphatic carbocycles. The molecule has 0 spiro atoms. The number of amides is 1.